The number of nitrogens with one attached hydrogen (secondary N) is 1. The quantitative estimate of drug-likeness (QED) is 0.653. The summed E-state index contributed by atoms with van der Waals surface area (Å²) >= 11 is 1.50. The van der Waals surface area contributed by atoms with Crippen LogP contribution in [0.1, 0.15) is 33.6 Å². The molecule has 1 saturated carbocycles. The fourth-order valence-corrected chi connectivity index (χ4v) is 3.69. The Hall–Kier alpha value is -2.81. The molecule has 3 heterocycles. The van der Waals surface area contributed by atoms with E-state index in [0.29, 0.717) is 36.6 Å². The van der Waals surface area contributed by atoms with Crippen molar-refractivity contribution in [3.8, 4) is 5.88 Å². The van der Waals surface area contributed by atoms with E-state index in [4.69, 9.17) is 4.74 Å². The van der Waals surface area contributed by atoms with Crippen molar-refractivity contribution in [2.24, 2.45) is 13.0 Å². The van der Waals surface area contributed by atoms with Crippen molar-refractivity contribution < 1.29 is 4.74 Å². The number of aromatic nitrogens is 5. The fraction of sp³-hybridized carbons (Fsp3) is 0.421. The smallest absolute Gasteiger partial charge is 0.290 e. The van der Waals surface area contributed by atoms with E-state index in [2.05, 4.69) is 37.7 Å². The number of pyridine rings is 1. The van der Waals surface area contributed by atoms with E-state index in [0.717, 1.165) is 27.7 Å². The van der Waals surface area contributed by atoms with Crippen LogP contribution in [0.4, 0.5) is 5.69 Å². The summed E-state index contributed by atoms with van der Waals surface area (Å²) in [4.78, 5) is 16.8. The van der Waals surface area contributed by atoms with Crippen molar-refractivity contribution in [2.45, 2.75) is 32.7 Å². The molecule has 8 nitrogen and oxygen atoms in total. The second-order valence-electron chi connectivity index (χ2n) is 7.07. The summed E-state index contributed by atoms with van der Waals surface area (Å²) in [5.41, 5.74) is 2.51. The molecule has 0 spiro atoms. The molecule has 2 unspecified atom stereocenters. The van der Waals surface area contributed by atoms with Crippen LogP contribution in [0.25, 0.3) is 0 Å². The standard InChI is InChI=1S/C19H22N6O2S/c1-11-4-5-15(20-8-11)14-6-13(14)10-27-17-7-16(19(26)25(3)24-17)21-9-18-23-22-12(2)28-18/h4-5,7-8,13-14,21H,6,9-10H2,1-3H3. The maximum Gasteiger partial charge on any atom is 0.290 e. The van der Waals surface area contributed by atoms with Gasteiger partial charge in [0.1, 0.15) is 15.7 Å². The molecule has 0 radical (unpaired) electrons. The van der Waals surface area contributed by atoms with E-state index in [1.807, 2.05) is 20.0 Å². The number of nitrogens with zero attached hydrogens (tertiary/aromatic N) is 5. The van der Waals surface area contributed by atoms with Gasteiger partial charge in [-0.2, -0.15) is 0 Å². The first kappa shape index (κ1) is 18.5. The molecule has 28 heavy (non-hydrogen) atoms. The molecule has 2 atom stereocenters. The highest BCUT2D eigenvalue weighted by molar-refractivity contribution is 7.11. The lowest BCUT2D eigenvalue weighted by atomic mass is 10.2. The van der Waals surface area contributed by atoms with Crippen LogP contribution in [0.15, 0.2) is 29.2 Å². The minimum atomic E-state index is -0.207. The van der Waals surface area contributed by atoms with Crippen LogP contribution >= 0.6 is 11.3 Å². The number of rotatable bonds is 7. The zero-order valence-electron chi connectivity index (χ0n) is 16.0. The number of hydrogen-bond acceptors (Lipinski definition) is 8. The predicted molar refractivity (Wildman–Crippen MR) is 107 cm³/mol. The Morgan fingerprint density at radius 2 is 2.18 bits per heavy atom. The lowest BCUT2D eigenvalue weighted by Gasteiger charge is -2.10. The lowest BCUT2D eigenvalue weighted by molar-refractivity contribution is 0.278. The molecule has 0 amide bonds. The maximum atomic E-state index is 12.3. The van der Waals surface area contributed by atoms with Crippen molar-refractivity contribution in [2.75, 3.05) is 11.9 Å². The molecule has 0 saturated heterocycles. The summed E-state index contributed by atoms with van der Waals surface area (Å²) in [6.45, 7) is 4.93. The molecule has 1 aliphatic carbocycles. The Bertz CT molecular complexity index is 1030. The van der Waals surface area contributed by atoms with Gasteiger partial charge in [0.2, 0.25) is 5.88 Å². The van der Waals surface area contributed by atoms with Crippen molar-refractivity contribution in [3.05, 3.63) is 56.0 Å². The fourth-order valence-electron chi connectivity index (χ4n) is 3.04. The van der Waals surface area contributed by atoms with Crippen LogP contribution in [0.5, 0.6) is 5.88 Å². The zero-order chi connectivity index (χ0) is 19.7. The first-order valence-electron chi connectivity index (χ1n) is 9.16. The molecule has 0 bridgehead atoms. The molecule has 4 rings (SSSR count). The third-order valence-corrected chi connectivity index (χ3v) is 5.56. The molecule has 3 aromatic heterocycles. The predicted octanol–water partition coefficient (Wildman–Crippen LogP) is 2.44. The van der Waals surface area contributed by atoms with Gasteiger partial charge < -0.3 is 10.1 Å². The molecule has 146 valence electrons. The second-order valence-corrected chi connectivity index (χ2v) is 8.33. The minimum absolute atomic E-state index is 0.207. The Morgan fingerprint density at radius 3 is 2.89 bits per heavy atom. The van der Waals surface area contributed by atoms with E-state index in [-0.39, 0.29) is 5.56 Å². The number of aryl methyl sites for hydroxylation is 3. The first-order chi connectivity index (χ1) is 13.5. The summed E-state index contributed by atoms with van der Waals surface area (Å²) in [5, 5.41) is 17.1. The van der Waals surface area contributed by atoms with Gasteiger partial charge in [-0.15, -0.1) is 15.3 Å². The first-order valence-corrected chi connectivity index (χ1v) is 9.98. The summed E-state index contributed by atoms with van der Waals surface area (Å²) in [7, 11) is 1.62. The number of hydrogen-bond donors (Lipinski definition) is 1. The van der Waals surface area contributed by atoms with Crippen LogP contribution in [0.3, 0.4) is 0 Å². The van der Waals surface area contributed by atoms with Gasteiger partial charge >= 0.3 is 0 Å². The van der Waals surface area contributed by atoms with E-state index >= 15 is 0 Å². The zero-order valence-corrected chi connectivity index (χ0v) is 16.9. The SMILES string of the molecule is Cc1ccc(C2CC2COc2cc(NCc3nnc(C)s3)c(=O)n(C)n2)nc1. The van der Waals surface area contributed by atoms with Gasteiger partial charge in [0.05, 0.1) is 13.2 Å². The maximum absolute atomic E-state index is 12.3. The van der Waals surface area contributed by atoms with E-state index in [1.165, 1.54) is 16.0 Å². The molecular weight excluding hydrogens is 376 g/mol. The molecule has 1 fully saturated rings. The van der Waals surface area contributed by atoms with Gasteiger partial charge in [-0.25, -0.2) is 4.68 Å². The molecular formula is C19H22N6O2S. The van der Waals surface area contributed by atoms with Crippen LogP contribution in [-0.2, 0) is 13.6 Å². The summed E-state index contributed by atoms with van der Waals surface area (Å²) < 4.78 is 7.16. The van der Waals surface area contributed by atoms with Gasteiger partial charge in [-0.05, 0) is 31.9 Å². The van der Waals surface area contributed by atoms with Crippen molar-refractivity contribution in [1.82, 2.24) is 25.0 Å². The summed E-state index contributed by atoms with van der Waals surface area (Å²) in [6, 6.07) is 5.82. The highest BCUT2D eigenvalue weighted by Gasteiger charge is 2.40. The van der Waals surface area contributed by atoms with Gasteiger partial charge in [0, 0.05) is 36.8 Å². The largest absolute Gasteiger partial charge is 0.476 e. The van der Waals surface area contributed by atoms with Gasteiger partial charge in [0.15, 0.2) is 0 Å². The van der Waals surface area contributed by atoms with Gasteiger partial charge in [-0.3, -0.25) is 9.78 Å². The topological polar surface area (TPSA) is 94.8 Å². The second kappa shape index (κ2) is 7.67. The van der Waals surface area contributed by atoms with Crippen molar-refractivity contribution in [1.29, 1.82) is 0 Å². The Labute approximate surface area is 166 Å². The summed E-state index contributed by atoms with van der Waals surface area (Å²) in [5.74, 6) is 1.29. The Kier molecular flexibility index (Phi) is 5.08. The van der Waals surface area contributed by atoms with E-state index in [9.17, 15) is 4.79 Å². The van der Waals surface area contributed by atoms with Gasteiger partial charge in [-0.1, -0.05) is 17.4 Å². The minimum Gasteiger partial charge on any atom is -0.476 e. The average molecular weight is 398 g/mol. The highest BCUT2D eigenvalue weighted by Crippen LogP contribution is 2.46. The molecule has 1 N–H and O–H groups in total. The average Bonchev–Trinajstić information content (AvgIpc) is 3.34. The Balaban J connectivity index is 1.37. The Morgan fingerprint density at radius 1 is 1.32 bits per heavy atom. The third kappa shape index (κ3) is 4.19. The van der Waals surface area contributed by atoms with Crippen molar-refractivity contribution >= 4 is 17.0 Å². The molecule has 0 aromatic carbocycles. The third-order valence-electron chi connectivity index (χ3n) is 4.72. The van der Waals surface area contributed by atoms with E-state index < -0.39 is 0 Å². The molecule has 9 heteroatoms. The van der Waals surface area contributed by atoms with Crippen LogP contribution < -0.4 is 15.6 Å². The van der Waals surface area contributed by atoms with Crippen LogP contribution in [0, 0.1) is 19.8 Å². The van der Waals surface area contributed by atoms with Crippen LogP contribution in [0.2, 0.25) is 0 Å². The van der Waals surface area contributed by atoms with E-state index in [1.54, 1.807) is 13.1 Å². The number of anilines is 1. The highest BCUT2D eigenvalue weighted by atomic mass is 32.1. The monoisotopic (exact) mass is 398 g/mol. The molecule has 3 aromatic rings. The van der Waals surface area contributed by atoms with Crippen molar-refractivity contribution in [3.63, 3.8) is 0 Å². The van der Waals surface area contributed by atoms with Crippen LogP contribution in [-0.4, -0.2) is 31.6 Å². The molecule has 0 aliphatic heterocycles. The lowest BCUT2D eigenvalue weighted by Crippen LogP contribution is -2.24. The normalized spacial score (nSPS) is 18.1. The number of ether oxygens (including phenoxy) is 1. The van der Waals surface area contributed by atoms with Gasteiger partial charge in [0.25, 0.3) is 5.56 Å². The summed E-state index contributed by atoms with van der Waals surface area (Å²) in [6.07, 6.45) is 2.96. The molecule has 1 aliphatic rings.